The molecular weight excluding hydrogens is 338 g/mol. The van der Waals surface area contributed by atoms with Gasteiger partial charge in [0.1, 0.15) is 6.04 Å². The third-order valence-corrected chi connectivity index (χ3v) is 5.06. The first-order valence-corrected chi connectivity index (χ1v) is 9.12. The fourth-order valence-electron chi connectivity index (χ4n) is 3.67. The van der Waals surface area contributed by atoms with Gasteiger partial charge >= 0.3 is 0 Å². The van der Waals surface area contributed by atoms with Crippen LogP contribution in [0, 0.1) is 0 Å². The zero-order chi connectivity index (χ0) is 19.0. The van der Waals surface area contributed by atoms with Gasteiger partial charge in [-0.2, -0.15) is 5.10 Å². The number of carbonyl (C=O) groups excluding carboxylic acids is 1. The third kappa shape index (κ3) is 3.05. The Morgan fingerprint density at radius 2 is 1.74 bits per heavy atom. The number of para-hydroxylation sites is 1. The second-order valence-electron chi connectivity index (χ2n) is 6.93. The fourth-order valence-corrected chi connectivity index (χ4v) is 3.67. The Kier molecular flexibility index (Phi) is 4.36. The summed E-state index contributed by atoms with van der Waals surface area (Å²) in [6.45, 7) is 3.76. The molecule has 1 aromatic heterocycles. The summed E-state index contributed by atoms with van der Waals surface area (Å²) >= 11 is 0. The Hall–Kier alpha value is -3.21. The number of carbonyl (C=O) groups is 1. The van der Waals surface area contributed by atoms with E-state index in [2.05, 4.69) is 5.10 Å². The molecule has 0 spiro atoms. The molecule has 0 saturated carbocycles. The highest BCUT2D eigenvalue weighted by atomic mass is 16.2. The minimum Gasteiger partial charge on any atom is -0.307 e. The quantitative estimate of drug-likeness (QED) is 0.720. The molecule has 27 heavy (non-hydrogen) atoms. The summed E-state index contributed by atoms with van der Waals surface area (Å²) in [5.74, 6) is -0.118. The van der Waals surface area contributed by atoms with E-state index in [0.717, 1.165) is 23.2 Å². The molecule has 0 saturated heterocycles. The molecule has 0 N–H and O–H groups in total. The van der Waals surface area contributed by atoms with Crippen LogP contribution in [0.2, 0.25) is 0 Å². The molecule has 0 aliphatic carbocycles. The first kappa shape index (κ1) is 17.2. The van der Waals surface area contributed by atoms with Crippen molar-refractivity contribution in [2.75, 3.05) is 4.90 Å². The van der Waals surface area contributed by atoms with Crippen LogP contribution in [0.4, 0.5) is 5.69 Å². The fraction of sp³-hybridized carbons (Fsp3) is 0.227. The van der Waals surface area contributed by atoms with Gasteiger partial charge in [-0.3, -0.25) is 9.59 Å². The largest absolute Gasteiger partial charge is 0.307 e. The molecule has 2 heterocycles. The Morgan fingerprint density at radius 3 is 2.52 bits per heavy atom. The highest BCUT2D eigenvalue weighted by Crippen LogP contribution is 2.33. The topological polar surface area (TPSA) is 55.2 Å². The Labute approximate surface area is 157 Å². The minimum absolute atomic E-state index is 0.0605. The lowest BCUT2D eigenvalue weighted by atomic mass is 10.1. The average Bonchev–Trinajstić information content (AvgIpc) is 3.03. The molecule has 5 heteroatoms. The van der Waals surface area contributed by atoms with Crippen LogP contribution in [0.3, 0.4) is 0 Å². The van der Waals surface area contributed by atoms with Gasteiger partial charge in [-0.15, -0.1) is 0 Å². The Balaban J connectivity index is 1.70. The van der Waals surface area contributed by atoms with Crippen LogP contribution < -0.4 is 10.5 Å². The smallest absolute Gasteiger partial charge is 0.267 e. The molecule has 0 radical (unpaired) electrons. The number of anilines is 1. The molecule has 2 aromatic carbocycles. The van der Waals surface area contributed by atoms with Crippen molar-refractivity contribution in [1.29, 1.82) is 0 Å². The van der Waals surface area contributed by atoms with Crippen molar-refractivity contribution in [3.8, 4) is 11.3 Å². The average molecular weight is 359 g/mol. The third-order valence-electron chi connectivity index (χ3n) is 5.06. The molecule has 0 bridgehead atoms. The molecule has 0 fully saturated rings. The normalized spacial score (nSPS) is 16.8. The van der Waals surface area contributed by atoms with Crippen LogP contribution in [0.15, 0.2) is 71.5 Å². The first-order chi connectivity index (χ1) is 13.1. The van der Waals surface area contributed by atoms with E-state index in [0.29, 0.717) is 5.69 Å². The van der Waals surface area contributed by atoms with Crippen LogP contribution in [0.1, 0.15) is 25.5 Å². The maximum absolute atomic E-state index is 13.2. The van der Waals surface area contributed by atoms with Crippen molar-refractivity contribution in [2.45, 2.75) is 32.4 Å². The van der Waals surface area contributed by atoms with Crippen molar-refractivity contribution in [1.82, 2.24) is 9.78 Å². The number of hydrogen-bond acceptors (Lipinski definition) is 3. The van der Waals surface area contributed by atoms with Crippen molar-refractivity contribution >= 4 is 11.6 Å². The molecular formula is C22H21N3O2. The highest BCUT2D eigenvalue weighted by Gasteiger charge is 2.34. The number of hydrogen-bond donors (Lipinski definition) is 0. The van der Waals surface area contributed by atoms with Crippen molar-refractivity contribution in [3.63, 3.8) is 0 Å². The Morgan fingerprint density at radius 1 is 1.04 bits per heavy atom. The summed E-state index contributed by atoms with van der Waals surface area (Å²) in [5, 5.41) is 4.47. The molecule has 0 unspecified atom stereocenters. The summed E-state index contributed by atoms with van der Waals surface area (Å²) in [6.07, 6.45) is 0.820. The zero-order valence-electron chi connectivity index (χ0n) is 15.4. The van der Waals surface area contributed by atoms with Gasteiger partial charge in [-0.1, -0.05) is 48.5 Å². The van der Waals surface area contributed by atoms with Gasteiger partial charge in [-0.05, 0) is 38.0 Å². The Bertz CT molecular complexity index is 1040. The molecule has 5 nitrogen and oxygen atoms in total. The number of aromatic nitrogens is 2. The molecule has 3 aromatic rings. The highest BCUT2D eigenvalue weighted by molar-refractivity contribution is 5.98. The van der Waals surface area contributed by atoms with Gasteiger partial charge in [0.15, 0.2) is 0 Å². The van der Waals surface area contributed by atoms with Crippen molar-refractivity contribution < 1.29 is 4.79 Å². The van der Waals surface area contributed by atoms with E-state index in [1.807, 2.05) is 61.5 Å². The van der Waals surface area contributed by atoms with E-state index < -0.39 is 6.04 Å². The monoisotopic (exact) mass is 359 g/mol. The predicted molar refractivity (Wildman–Crippen MR) is 106 cm³/mol. The van der Waals surface area contributed by atoms with Gasteiger partial charge in [-0.25, -0.2) is 4.68 Å². The molecule has 1 aliphatic heterocycles. The van der Waals surface area contributed by atoms with E-state index in [9.17, 15) is 9.59 Å². The van der Waals surface area contributed by atoms with Gasteiger partial charge in [0.05, 0.1) is 5.69 Å². The molecule has 4 rings (SSSR count). The second-order valence-corrected chi connectivity index (χ2v) is 6.93. The van der Waals surface area contributed by atoms with Crippen molar-refractivity contribution in [3.05, 3.63) is 82.6 Å². The van der Waals surface area contributed by atoms with Crippen LogP contribution >= 0.6 is 0 Å². The maximum atomic E-state index is 13.2. The number of benzene rings is 2. The first-order valence-electron chi connectivity index (χ1n) is 9.12. The number of nitrogens with zero attached hydrogens (tertiary/aromatic N) is 3. The van der Waals surface area contributed by atoms with Gasteiger partial charge in [0, 0.05) is 23.4 Å². The summed E-state index contributed by atoms with van der Waals surface area (Å²) in [6, 6.07) is 20.1. The van der Waals surface area contributed by atoms with Gasteiger partial charge in [0.25, 0.3) is 11.5 Å². The maximum Gasteiger partial charge on any atom is 0.267 e. The predicted octanol–water partition coefficient (Wildman–Crippen LogP) is 3.45. The lowest BCUT2D eigenvalue weighted by molar-refractivity contribution is -0.121. The van der Waals surface area contributed by atoms with E-state index >= 15 is 0 Å². The van der Waals surface area contributed by atoms with Crippen LogP contribution in [-0.4, -0.2) is 21.7 Å². The lowest BCUT2D eigenvalue weighted by Gasteiger charge is -2.26. The second kappa shape index (κ2) is 6.83. The molecule has 2 atom stereocenters. The summed E-state index contributed by atoms with van der Waals surface area (Å²) < 4.78 is 1.29. The van der Waals surface area contributed by atoms with Gasteiger partial charge in [0.2, 0.25) is 0 Å². The summed E-state index contributed by atoms with van der Waals surface area (Å²) in [7, 11) is 0. The van der Waals surface area contributed by atoms with E-state index in [1.165, 1.54) is 10.7 Å². The molecule has 1 amide bonds. The lowest BCUT2D eigenvalue weighted by Crippen LogP contribution is -2.42. The van der Waals surface area contributed by atoms with Crippen molar-refractivity contribution in [2.24, 2.45) is 0 Å². The van der Waals surface area contributed by atoms with E-state index in [-0.39, 0.29) is 17.5 Å². The standard InChI is InChI=1S/C22H21N3O2/c1-15-14-18-10-6-7-11-20(18)24(15)22(27)16(2)25-21(26)13-12-19(23-25)17-8-4-3-5-9-17/h3-13,15-16H,14H2,1-2H3/t15-,16+/m1/s1. The SMILES string of the molecule is C[C@@H]1Cc2ccccc2N1C(=O)[C@H](C)n1nc(-c2ccccc2)ccc1=O. The van der Waals surface area contributed by atoms with Crippen LogP contribution in [0.5, 0.6) is 0 Å². The van der Waals surface area contributed by atoms with Gasteiger partial charge < -0.3 is 4.90 Å². The van der Waals surface area contributed by atoms with Crippen LogP contribution in [0.25, 0.3) is 11.3 Å². The summed E-state index contributed by atoms with van der Waals surface area (Å²) in [5.41, 5.74) is 3.38. The van der Waals surface area contributed by atoms with Crippen LogP contribution in [-0.2, 0) is 11.2 Å². The zero-order valence-corrected chi connectivity index (χ0v) is 15.4. The minimum atomic E-state index is -0.685. The molecule has 1 aliphatic rings. The molecule has 136 valence electrons. The number of amides is 1. The number of fused-ring (bicyclic) bond motifs is 1. The van der Waals surface area contributed by atoms with E-state index in [4.69, 9.17) is 0 Å². The number of rotatable bonds is 3. The summed E-state index contributed by atoms with van der Waals surface area (Å²) in [4.78, 5) is 27.5. The van der Waals surface area contributed by atoms with E-state index in [1.54, 1.807) is 17.9 Å².